The summed E-state index contributed by atoms with van der Waals surface area (Å²) in [4.78, 5) is 17.8. The molecule has 0 bridgehead atoms. The van der Waals surface area contributed by atoms with Gasteiger partial charge >= 0.3 is 0 Å². The molecule has 0 saturated carbocycles. The van der Waals surface area contributed by atoms with E-state index in [1.165, 1.54) is 6.26 Å². The lowest BCUT2D eigenvalue weighted by Crippen LogP contribution is -2.35. The number of sulfone groups is 1. The molecule has 6 nitrogen and oxygen atoms in total. The number of benzene rings is 2. The number of carbonyl (C=O) groups excluding carboxylic acids is 1. The van der Waals surface area contributed by atoms with Gasteiger partial charge in [-0.25, -0.2) is 8.42 Å². The number of aryl methyl sites for hydroxylation is 1. The van der Waals surface area contributed by atoms with Crippen molar-refractivity contribution in [2.75, 3.05) is 32.4 Å². The van der Waals surface area contributed by atoms with Gasteiger partial charge in [-0.1, -0.05) is 30.3 Å². The predicted molar refractivity (Wildman–Crippen MR) is 118 cm³/mol. The summed E-state index contributed by atoms with van der Waals surface area (Å²) in [7, 11) is -1.20. The maximum atomic E-state index is 13.2. The Balaban J connectivity index is 1.43. The maximum absolute atomic E-state index is 13.2. The SMILES string of the molecule is Cn1cc(C(=O)N2CCCN(Cc3ccc(S(C)(=O)=O)cc3)CC2)c2ccccc21. The Bertz CT molecular complexity index is 1170. The Labute approximate surface area is 177 Å². The number of hydrogen-bond donors (Lipinski definition) is 0. The van der Waals surface area contributed by atoms with Crippen molar-refractivity contribution in [3.8, 4) is 0 Å². The lowest BCUT2D eigenvalue weighted by atomic mass is 10.1. The molecule has 0 N–H and O–H groups in total. The maximum Gasteiger partial charge on any atom is 0.256 e. The summed E-state index contributed by atoms with van der Waals surface area (Å²) in [5.41, 5.74) is 2.91. The van der Waals surface area contributed by atoms with Crippen LogP contribution in [0.25, 0.3) is 10.9 Å². The van der Waals surface area contributed by atoms with E-state index in [1.54, 1.807) is 12.1 Å². The predicted octanol–water partition coefficient (Wildman–Crippen LogP) is 2.93. The molecule has 0 spiro atoms. The second kappa shape index (κ2) is 8.24. The smallest absolute Gasteiger partial charge is 0.256 e. The van der Waals surface area contributed by atoms with Gasteiger partial charge in [0.15, 0.2) is 9.84 Å². The van der Waals surface area contributed by atoms with E-state index in [2.05, 4.69) is 4.90 Å². The average Bonchev–Trinajstić information content (AvgIpc) is 2.89. The fraction of sp³-hybridized carbons (Fsp3) is 0.348. The van der Waals surface area contributed by atoms with Crippen molar-refractivity contribution in [1.82, 2.24) is 14.4 Å². The number of carbonyl (C=O) groups is 1. The summed E-state index contributed by atoms with van der Waals surface area (Å²) in [6.07, 6.45) is 4.06. The molecule has 2 aromatic carbocycles. The van der Waals surface area contributed by atoms with Gasteiger partial charge in [0, 0.05) is 63.1 Å². The standard InChI is InChI=1S/C23H27N3O3S/c1-24-17-21(20-6-3-4-7-22(20)24)23(27)26-13-5-12-25(14-15-26)16-18-8-10-19(11-9-18)30(2,28)29/h3-4,6-11,17H,5,12-16H2,1-2H3. The van der Waals surface area contributed by atoms with Gasteiger partial charge in [-0.2, -0.15) is 0 Å². The molecule has 3 aromatic rings. The van der Waals surface area contributed by atoms with Gasteiger partial charge < -0.3 is 9.47 Å². The third-order valence-electron chi connectivity index (χ3n) is 5.76. The minimum atomic E-state index is -3.18. The Hall–Kier alpha value is -2.64. The average molecular weight is 426 g/mol. The fourth-order valence-corrected chi connectivity index (χ4v) is 4.75. The Morgan fingerprint density at radius 3 is 2.43 bits per heavy atom. The fourth-order valence-electron chi connectivity index (χ4n) is 4.11. The first-order valence-electron chi connectivity index (χ1n) is 10.2. The Morgan fingerprint density at radius 2 is 1.70 bits per heavy atom. The molecule has 1 aliphatic rings. The molecule has 0 atom stereocenters. The van der Waals surface area contributed by atoms with E-state index in [0.717, 1.165) is 54.6 Å². The van der Waals surface area contributed by atoms with Crippen molar-refractivity contribution < 1.29 is 13.2 Å². The van der Waals surface area contributed by atoms with Crippen molar-refractivity contribution in [1.29, 1.82) is 0 Å². The van der Waals surface area contributed by atoms with Gasteiger partial charge in [-0.05, 0) is 30.2 Å². The van der Waals surface area contributed by atoms with Gasteiger partial charge in [-0.3, -0.25) is 9.69 Å². The van der Waals surface area contributed by atoms with Crippen molar-refractivity contribution in [3.63, 3.8) is 0 Å². The number of aromatic nitrogens is 1. The molecule has 0 aliphatic carbocycles. The molecule has 2 heterocycles. The summed E-state index contributed by atoms with van der Waals surface area (Å²) < 4.78 is 25.3. The van der Waals surface area contributed by atoms with Gasteiger partial charge in [0.1, 0.15) is 0 Å². The van der Waals surface area contributed by atoms with Crippen molar-refractivity contribution in [2.24, 2.45) is 7.05 Å². The molecular formula is C23H27N3O3S. The first kappa shape index (κ1) is 20.6. The topological polar surface area (TPSA) is 62.6 Å². The molecule has 1 aromatic heterocycles. The summed E-state index contributed by atoms with van der Waals surface area (Å²) in [6.45, 7) is 3.88. The van der Waals surface area contributed by atoms with Crippen molar-refractivity contribution >= 4 is 26.6 Å². The minimum absolute atomic E-state index is 0.0890. The van der Waals surface area contributed by atoms with Crippen molar-refractivity contribution in [3.05, 3.63) is 65.9 Å². The van der Waals surface area contributed by atoms with E-state index in [1.807, 2.05) is 59.1 Å². The molecule has 1 aliphatic heterocycles. The van der Waals surface area contributed by atoms with Gasteiger partial charge in [-0.15, -0.1) is 0 Å². The number of fused-ring (bicyclic) bond motifs is 1. The largest absolute Gasteiger partial charge is 0.350 e. The number of nitrogens with zero attached hydrogens (tertiary/aromatic N) is 3. The van der Waals surface area contributed by atoms with Crippen LogP contribution in [-0.4, -0.2) is 61.1 Å². The molecule has 7 heteroatoms. The van der Waals surface area contributed by atoms with Gasteiger partial charge in [0.25, 0.3) is 5.91 Å². The summed E-state index contributed by atoms with van der Waals surface area (Å²) >= 11 is 0. The van der Waals surface area contributed by atoms with Gasteiger partial charge in [0.05, 0.1) is 10.5 Å². The molecule has 1 fully saturated rings. The molecule has 158 valence electrons. The van der Waals surface area contributed by atoms with E-state index in [9.17, 15) is 13.2 Å². The Kier molecular flexibility index (Phi) is 5.66. The normalized spacial score (nSPS) is 16.0. The zero-order valence-electron chi connectivity index (χ0n) is 17.4. The third-order valence-corrected chi connectivity index (χ3v) is 6.89. The molecule has 30 heavy (non-hydrogen) atoms. The van der Waals surface area contributed by atoms with Crippen LogP contribution < -0.4 is 0 Å². The Morgan fingerprint density at radius 1 is 0.967 bits per heavy atom. The lowest BCUT2D eigenvalue weighted by Gasteiger charge is -2.22. The van der Waals surface area contributed by atoms with Crippen LogP contribution in [0.3, 0.4) is 0 Å². The van der Waals surface area contributed by atoms with Crippen LogP contribution in [0.5, 0.6) is 0 Å². The third kappa shape index (κ3) is 4.27. The summed E-state index contributed by atoms with van der Waals surface area (Å²) in [5.74, 6) is 0.0890. The molecule has 1 saturated heterocycles. The van der Waals surface area contributed by atoms with E-state index >= 15 is 0 Å². The highest BCUT2D eigenvalue weighted by atomic mass is 32.2. The first-order chi connectivity index (χ1) is 14.3. The van der Waals surface area contributed by atoms with Crippen LogP contribution in [0.15, 0.2) is 59.6 Å². The van der Waals surface area contributed by atoms with Crippen molar-refractivity contribution in [2.45, 2.75) is 17.9 Å². The molecular weight excluding hydrogens is 398 g/mol. The van der Waals surface area contributed by atoms with Crippen LogP contribution in [0.1, 0.15) is 22.3 Å². The molecule has 1 amide bonds. The summed E-state index contributed by atoms with van der Waals surface area (Å²) in [6, 6.07) is 15.1. The number of rotatable bonds is 4. The highest BCUT2D eigenvalue weighted by Crippen LogP contribution is 2.22. The molecule has 4 rings (SSSR count). The van der Waals surface area contributed by atoms with E-state index in [-0.39, 0.29) is 5.91 Å². The second-order valence-corrected chi connectivity index (χ2v) is 10.0. The number of hydrogen-bond acceptors (Lipinski definition) is 4. The highest BCUT2D eigenvalue weighted by Gasteiger charge is 2.23. The van der Waals surface area contributed by atoms with Crippen LogP contribution in [-0.2, 0) is 23.4 Å². The zero-order valence-corrected chi connectivity index (χ0v) is 18.2. The van der Waals surface area contributed by atoms with Crippen LogP contribution in [0, 0.1) is 0 Å². The number of para-hydroxylation sites is 1. The molecule has 0 radical (unpaired) electrons. The molecule has 0 unspecified atom stereocenters. The zero-order chi connectivity index (χ0) is 21.3. The first-order valence-corrected chi connectivity index (χ1v) is 12.1. The summed E-state index contributed by atoms with van der Waals surface area (Å²) in [5, 5.41) is 0.997. The van der Waals surface area contributed by atoms with Crippen LogP contribution in [0.2, 0.25) is 0 Å². The van der Waals surface area contributed by atoms with E-state index < -0.39 is 9.84 Å². The minimum Gasteiger partial charge on any atom is -0.350 e. The highest BCUT2D eigenvalue weighted by molar-refractivity contribution is 7.90. The number of amides is 1. The van der Waals surface area contributed by atoms with Crippen LogP contribution >= 0.6 is 0 Å². The van der Waals surface area contributed by atoms with E-state index in [4.69, 9.17) is 0 Å². The van der Waals surface area contributed by atoms with Gasteiger partial charge in [0.2, 0.25) is 0 Å². The lowest BCUT2D eigenvalue weighted by molar-refractivity contribution is 0.0763. The second-order valence-electron chi connectivity index (χ2n) is 8.01. The monoisotopic (exact) mass is 425 g/mol. The quantitative estimate of drug-likeness (QED) is 0.645. The van der Waals surface area contributed by atoms with Crippen LogP contribution in [0.4, 0.5) is 0 Å². The van der Waals surface area contributed by atoms with E-state index in [0.29, 0.717) is 11.4 Å².